The van der Waals surface area contributed by atoms with Gasteiger partial charge in [-0.2, -0.15) is 0 Å². The second-order valence-electron chi connectivity index (χ2n) is 5.02. The highest BCUT2D eigenvalue weighted by Gasteiger charge is 2.45. The van der Waals surface area contributed by atoms with E-state index >= 15 is 0 Å². The molecule has 0 heterocycles. The summed E-state index contributed by atoms with van der Waals surface area (Å²) in [7, 11) is 0. The number of hydrogen-bond donors (Lipinski definition) is 2. The van der Waals surface area contributed by atoms with Gasteiger partial charge in [-0.3, -0.25) is 0 Å². The average molecular weight is 196 g/mol. The molecule has 2 nitrogen and oxygen atoms in total. The Morgan fingerprint density at radius 1 is 1.43 bits per heavy atom. The molecular weight excluding hydrogens is 176 g/mol. The van der Waals surface area contributed by atoms with E-state index in [1.807, 2.05) is 6.92 Å². The summed E-state index contributed by atoms with van der Waals surface area (Å²) < 4.78 is 0. The van der Waals surface area contributed by atoms with E-state index in [1.165, 1.54) is 0 Å². The zero-order valence-electron chi connectivity index (χ0n) is 9.41. The van der Waals surface area contributed by atoms with Gasteiger partial charge >= 0.3 is 0 Å². The zero-order valence-corrected chi connectivity index (χ0v) is 9.41. The molecule has 1 rings (SSSR count). The van der Waals surface area contributed by atoms with Crippen LogP contribution in [0.4, 0.5) is 0 Å². The lowest BCUT2D eigenvalue weighted by Gasteiger charge is -2.46. The minimum absolute atomic E-state index is 0.0695. The van der Waals surface area contributed by atoms with Gasteiger partial charge in [-0.05, 0) is 24.0 Å². The van der Waals surface area contributed by atoms with Crippen LogP contribution >= 0.6 is 0 Å². The summed E-state index contributed by atoms with van der Waals surface area (Å²) >= 11 is 0. The van der Waals surface area contributed by atoms with Gasteiger partial charge in [0.1, 0.15) is 5.76 Å². The maximum absolute atomic E-state index is 10.0. The molecule has 2 N–H and O–H groups in total. The van der Waals surface area contributed by atoms with Gasteiger partial charge in [0.15, 0.2) is 0 Å². The van der Waals surface area contributed by atoms with Crippen LogP contribution in [-0.2, 0) is 0 Å². The van der Waals surface area contributed by atoms with Gasteiger partial charge in [0, 0.05) is 5.41 Å². The third-order valence-electron chi connectivity index (χ3n) is 3.36. The molecule has 0 spiro atoms. The average Bonchev–Trinajstić information content (AvgIpc) is 2.07. The lowest BCUT2D eigenvalue weighted by atomic mass is 9.60. The monoisotopic (exact) mass is 196 g/mol. The van der Waals surface area contributed by atoms with Crippen LogP contribution in [0.15, 0.2) is 24.0 Å². The summed E-state index contributed by atoms with van der Waals surface area (Å²) in [6, 6.07) is 0. The fraction of sp³-hybridized carbons (Fsp3) is 0.667. The second-order valence-corrected chi connectivity index (χ2v) is 5.02. The van der Waals surface area contributed by atoms with Gasteiger partial charge in [-0.1, -0.05) is 33.8 Å². The predicted octanol–water partition coefficient (Wildman–Crippen LogP) is 2.80. The van der Waals surface area contributed by atoms with Crippen molar-refractivity contribution in [2.75, 3.05) is 0 Å². The van der Waals surface area contributed by atoms with Crippen LogP contribution in [0.3, 0.4) is 0 Å². The van der Waals surface area contributed by atoms with Gasteiger partial charge in [0.2, 0.25) is 0 Å². The Kier molecular flexibility index (Phi) is 2.77. The molecule has 0 fully saturated rings. The lowest BCUT2D eigenvalue weighted by Crippen LogP contribution is -2.44. The Morgan fingerprint density at radius 2 is 2.00 bits per heavy atom. The molecule has 0 aromatic heterocycles. The molecule has 2 unspecified atom stereocenters. The van der Waals surface area contributed by atoms with Crippen molar-refractivity contribution in [3.63, 3.8) is 0 Å². The summed E-state index contributed by atoms with van der Waals surface area (Å²) in [5.74, 6) is 0.257. The maximum atomic E-state index is 10.0. The highest BCUT2D eigenvalue weighted by atomic mass is 16.3. The van der Waals surface area contributed by atoms with E-state index in [-0.39, 0.29) is 16.6 Å². The van der Waals surface area contributed by atoms with Crippen LogP contribution in [-0.4, -0.2) is 16.3 Å². The van der Waals surface area contributed by atoms with Crippen LogP contribution in [0.5, 0.6) is 0 Å². The summed E-state index contributed by atoms with van der Waals surface area (Å²) in [6.45, 7) is 8.30. The molecule has 0 saturated carbocycles. The molecule has 80 valence electrons. The molecular formula is C12H20O2. The van der Waals surface area contributed by atoms with E-state index in [2.05, 4.69) is 20.8 Å². The summed E-state index contributed by atoms with van der Waals surface area (Å²) in [5, 5.41) is 19.6. The van der Waals surface area contributed by atoms with Gasteiger partial charge in [-0.25, -0.2) is 0 Å². The van der Waals surface area contributed by atoms with Gasteiger partial charge < -0.3 is 10.2 Å². The van der Waals surface area contributed by atoms with Crippen LogP contribution in [0.2, 0.25) is 0 Å². The first-order valence-electron chi connectivity index (χ1n) is 5.11. The van der Waals surface area contributed by atoms with Gasteiger partial charge in [-0.15, -0.1) is 0 Å². The fourth-order valence-electron chi connectivity index (χ4n) is 2.26. The zero-order chi connectivity index (χ0) is 11.0. The SMILES string of the molecule is CCC1(C(C)(C)C)C=C(O)C=CC1O. The summed E-state index contributed by atoms with van der Waals surface area (Å²) in [4.78, 5) is 0. The molecule has 14 heavy (non-hydrogen) atoms. The largest absolute Gasteiger partial charge is 0.508 e. The number of allylic oxidation sites excluding steroid dienone is 1. The maximum Gasteiger partial charge on any atom is 0.112 e. The quantitative estimate of drug-likeness (QED) is 0.677. The minimum atomic E-state index is -0.511. The van der Waals surface area contributed by atoms with Crippen molar-refractivity contribution in [3.05, 3.63) is 24.0 Å². The Balaban J connectivity index is 3.17. The number of hydrogen-bond acceptors (Lipinski definition) is 2. The highest BCUT2D eigenvalue weighted by molar-refractivity contribution is 5.27. The van der Waals surface area contributed by atoms with E-state index in [9.17, 15) is 10.2 Å². The number of aliphatic hydroxyl groups is 2. The molecule has 0 bridgehead atoms. The Morgan fingerprint density at radius 3 is 2.36 bits per heavy atom. The third-order valence-corrected chi connectivity index (χ3v) is 3.36. The van der Waals surface area contributed by atoms with Crippen LogP contribution in [0, 0.1) is 10.8 Å². The van der Waals surface area contributed by atoms with Crippen molar-refractivity contribution >= 4 is 0 Å². The van der Waals surface area contributed by atoms with Crippen LogP contribution < -0.4 is 0 Å². The smallest absolute Gasteiger partial charge is 0.112 e. The number of aliphatic hydroxyl groups excluding tert-OH is 2. The number of rotatable bonds is 1. The fourth-order valence-corrected chi connectivity index (χ4v) is 2.26. The summed E-state index contributed by atoms with van der Waals surface area (Å²) in [5.41, 5.74) is -0.425. The second kappa shape index (κ2) is 3.43. The Labute approximate surface area is 86.0 Å². The van der Waals surface area contributed by atoms with E-state index in [4.69, 9.17) is 0 Å². The molecule has 1 aliphatic rings. The third kappa shape index (κ3) is 1.59. The van der Waals surface area contributed by atoms with Crippen molar-refractivity contribution in [3.8, 4) is 0 Å². The first kappa shape index (κ1) is 11.3. The minimum Gasteiger partial charge on any atom is -0.508 e. The van der Waals surface area contributed by atoms with Crippen molar-refractivity contribution in [2.24, 2.45) is 10.8 Å². The molecule has 0 aromatic rings. The molecule has 1 aliphatic carbocycles. The van der Waals surface area contributed by atoms with E-state index in [0.29, 0.717) is 0 Å². The van der Waals surface area contributed by atoms with Crippen molar-refractivity contribution in [1.29, 1.82) is 0 Å². The Hall–Kier alpha value is -0.760. The first-order chi connectivity index (χ1) is 6.33. The standard InChI is InChI=1S/C12H20O2/c1-5-12(11(2,3)4)8-9(13)6-7-10(12)14/h6-8,10,13-14H,5H2,1-4H3. The molecule has 0 aromatic carbocycles. The van der Waals surface area contributed by atoms with Gasteiger partial charge in [0.05, 0.1) is 6.10 Å². The van der Waals surface area contributed by atoms with Crippen LogP contribution in [0.1, 0.15) is 34.1 Å². The lowest BCUT2D eigenvalue weighted by molar-refractivity contribution is 0.00368. The van der Waals surface area contributed by atoms with Crippen molar-refractivity contribution in [2.45, 2.75) is 40.2 Å². The topological polar surface area (TPSA) is 40.5 Å². The Bertz CT molecular complexity index is 271. The van der Waals surface area contributed by atoms with Gasteiger partial charge in [0.25, 0.3) is 0 Å². The van der Waals surface area contributed by atoms with Crippen LogP contribution in [0.25, 0.3) is 0 Å². The normalized spacial score (nSPS) is 32.9. The van der Waals surface area contributed by atoms with Crippen molar-refractivity contribution < 1.29 is 10.2 Å². The van der Waals surface area contributed by atoms with E-state index in [0.717, 1.165) is 6.42 Å². The molecule has 0 amide bonds. The molecule has 0 saturated heterocycles. The molecule has 2 atom stereocenters. The molecule has 2 heteroatoms. The summed E-state index contributed by atoms with van der Waals surface area (Å²) in [6.07, 6.45) is 5.32. The van der Waals surface area contributed by atoms with E-state index in [1.54, 1.807) is 18.2 Å². The molecule has 0 aliphatic heterocycles. The molecule has 0 radical (unpaired) electrons. The first-order valence-corrected chi connectivity index (χ1v) is 5.11. The predicted molar refractivity (Wildman–Crippen MR) is 58.0 cm³/mol. The van der Waals surface area contributed by atoms with E-state index < -0.39 is 6.10 Å². The van der Waals surface area contributed by atoms with Crippen molar-refractivity contribution in [1.82, 2.24) is 0 Å². The highest BCUT2D eigenvalue weighted by Crippen LogP contribution is 2.48.